The molecule has 0 N–H and O–H groups in total. The van der Waals surface area contributed by atoms with E-state index in [2.05, 4.69) is 20.9 Å². The van der Waals surface area contributed by atoms with Crippen molar-refractivity contribution in [3.05, 3.63) is 14.5 Å². The van der Waals surface area contributed by atoms with Gasteiger partial charge >= 0.3 is 12.4 Å². The van der Waals surface area contributed by atoms with Crippen molar-refractivity contribution in [1.29, 1.82) is 0 Å². The van der Waals surface area contributed by atoms with Gasteiger partial charge in [0.15, 0.2) is 5.01 Å². The van der Waals surface area contributed by atoms with Crippen molar-refractivity contribution >= 4 is 27.3 Å². The van der Waals surface area contributed by atoms with Crippen molar-refractivity contribution in [2.24, 2.45) is 0 Å². The lowest BCUT2D eigenvalue weighted by molar-refractivity contribution is -0.137. The van der Waals surface area contributed by atoms with Crippen molar-refractivity contribution in [3.63, 3.8) is 0 Å². The van der Waals surface area contributed by atoms with E-state index in [-0.39, 0.29) is 0 Å². The summed E-state index contributed by atoms with van der Waals surface area (Å²) in [6, 6.07) is 0. The Bertz CT molecular complexity index is 339. The molecule has 1 aromatic rings. The summed E-state index contributed by atoms with van der Waals surface area (Å²) in [5.74, 6) is 0. The van der Waals surface area contributed by atoms with Crippen molar-refractivity contribution in [2.75, 3.05) is 0 Å². The Labute approximate surface area is 85.9 Å². The molecule has 0 radical (unpaired) electrons. The molecule has 0 unspecified atom stereocenters. The number of rotatable bonds is 0. The standard InChI is InChI=1S/C5BrF6NS/c6-2-1(4(7,8)9)14-3(13-2)5(10,11)12. The molecule has 1 aromatic heterocycles. The zero-order valence-electron chi connectivity index (χ0n) is 6.00. The Morgan fingerprint density at radius 3 is 1.71 bits per heavy atom. The van der Waals surface area contributed by atoms with Gasteiger partial charge in [0, 0.05) is 0 Å². The number of nitrogens with zero attached hydrogens (tertiary/aromatic N) is 1. The van der Waals surface area contributed by atoms with E-state index in [9.17, 15) is 26.3 Å². The molecule has 1 rings (SSSR count). The summed E-state index contributed by atoms with van der Waals surface area (Å²) < 4.78 is 71.0. The molecular formula is C5BrF6NS. The highest BCUT2D eigenvalue weighted by atomic mass is 79.9. The van der Waals surface area contributed by atoms with E-state index in [4.69, 9.17) is 0 Å². The monoisotopic (exact) mass is 299 g/mol. The molecule has 1 heterocycles. The van der Waals surface area contributed by atoms with E-state index in [0.717, 1.165) is 0 Å². The third-order valence-electron chi connectivity index (χ3n) is 1.09. The molecule has 9 heteroatoms. The average molecular weight is 300 g/mol. The number of hydrogen-bond donors (Lipinski definition) is 0. The molecule has 0 amide bonds. The van der Waals surface area contributed by atoms with Crippen LogP contribution in [0.5, 0.6) is 0 Å². The Morgan fingerprint density at radius 2 is 1.50 bits per heavy atom. The normalized spacial score (nSPS) is 13.4. The molecule has 0 spiro atoms. The van der Waals surface area contributed by atoms with E-state index >= 15 is 0 Å². The van der Waals surface area contributed by atoms with Gasteiger partial charge in [0.05, 0.1) is 0 Å². The zero-order chi connectivity index (χ0) is 11.1. The molecule has 0 aliphatic rings. The Balaban J connectivity index is 3.19. The fraction of sp³-hybridized carbons (Fsp3) is 0.400. The maximum atomic E-state index is 12.0. The van der Waals surface area contributed by atoms with E-state index in [1.807, 2.05) is 0 Å². The topological polar surface area (TPSA) is 12.9 Å². The quantitative estimate of drug-likeness (QED) is 0.661. The molecule has 0 atom stereocenters. The third kappa shape index (κ3) is 2.38. The highest BCUT2D eigenvalue weighted by Gasteiger charge is 2.42. The predicted octanol–water partition coefficient (Wildman–Crippen LogP) is 3.94. The number of alkyl halides is 6. The minimum atomic E-state index is -4.85. The van der Waals surface area contributed by atoms with Crippen molar-refractivity contribution in [1.82, 2.24) is 4.98 Å². The van der Waals surface area contributed by atoms with Crippen LogP contribution >= 0.6 is 27.3 Å². The van der Waals surface area contributed by atoms with Gasteiger partial charge in [-0.15, -0.1) is 11.3 Å². The molecule has 14 heavy (non-hydrogen) atoms. The Kier molecular flexibility index (Phi) is 2.83. The van der Waals surface area contributed by atoms with E-state index in [0.29, 0.717) is 0 Å². The first-order valence-electron chi connectivity index (χ1n) is 2.93. The van der Waals surface area contributed by atoms with Crippen molar-refractivity contribution in [3.8, 4) is 0 Å². The fourth-order valence-corrected chi connectivity index (χ4v) is 2.05. The largest absolute Gasteiger partial charge is 0.443 e. The first-order valence-corrected chi connectivity index (χ1v) is 4.54. The lowest BCUT2D eigenvalue weighted by Gasteiger charge is -2.01. The molecule has 0 bridgehead atoms. The minimum Gasteiger partial charge on any atom is -0.224 e. The van der Waals surface area contributed by atoms with Crippen LogP contribution in [0.4, 0.5) is 26.3 Å². The molecule has 0 aromatic carbocycles. The van der Waals surface area contributed by atoms with Gasteiger partial charge in [-0.3, -0.25) is 0 Å². The van der Waals surface area contributed by atoms with E-state index in [1.165, 1.54) is 0 Å². The lowest BCUT2D eigenvalue weighted by atomic mass is 10.5. The first-order chi connectivity index (χ1) is 6.12. The summed E-state index contributed by atoms with van der Waals surface area (Å²) in [6.07, 6.45) is -9.67. The van der Waals surface area contributed by atoms with Crippen LogP contribution in [0.2, 0.25) is 0 Å². The minimum absolute atomic E-state index is 0.435. The molecule has 1 nitrogen and oxygen atoms in total. The summed E-state index contributed by atoms with van der Waals surface area (Å²) in [4.78, 5) is 1.35. The predicted molar refractivity (Wildman–Crippen MR) is 39.8 cm³/mol. The summed E-state index contributed by atoms with van der Waals surface area (Å²) in [7, 11) is 0. The highest BCUT2D eigenvalue weighted by molar-refractivity contribution is 9.10. The summed E-state index contributed by atoms with van der Waals surface area (Å²) in [5, 5.41) is -1.52. The van der Waals surface area contributed by atoms with Crippen LogP contribution in [0.3, 0.4) is 0 Å². The number of aromatic nitrogens is 1. The third-order valence-corrected chi connectivity index (χ3v) is 3.07. The molecule has 0 fully saturated rings. The zero-order valence-corrected chi connectivity index (χ0v) is 8.40. The van der Waals surface area contributed by atoms with Gasteiger partial charge in [-0.2, -0.15) is 26.3 Å². The van der Waals surface area contributed by atoms with Gasteiger partial charge in [0.25, 0.3) is 0 Å². The molecule has 0 saturated heterocycles. The second kappa shape index (κ2) is 3.37. The molecule has 80 valence electrons. The van der Waals surface area contributed by atoms with E-state index in [1.54, 1.807) is 0 Å². The SMILES string of the molecule is FC(F)(F)c1nc(Br)c(C(F)(F)F)s1. The van der Waals surface area contributed by atoms with Crippen LogP contribution in [0.15, 0.2) is 4.60 Å². The Hall–Kier alpha value is -0.310. The van der Waals surface area contributed by atoms with Crippen LogP contribution in [0.1, 0.15) is 9.88 Å². The smallest absolute Gasteiger partial charge is 0.224 e. The number of halogens is 7. The van der Waals surface area contributed by atoms with Crippen LogP contribution in [-0.4, -0.2) is 4.98 Å². The molecule has 0 aliphatic carbocycles. The second-order valence-corrected chi connectivity index (χ2v) is 3.88. The summed E-state index contributed by atoms with van der Waals surface area (Å²) in [6.45, 7) is 0. The maximum Gasteiger partial charge on any atom is 0.443 e. The van der Waals surface area contributed by atoms with Crippen LogP contribution in [0.25, 0.3) is 0 Å². The molecular weight excluding hydrogens is 300 g/mol. The van der Waals surface area contributed by atoms with Crippen LogP contribution in [0, 0.1) is 0 Å². The summed E-state index contributed by atoms with van der Waals surface area (Å²) in [5.41, 5.74) is 0. The number of hydrogen-bond acceptors (Lipinski definition) is 2. The van der Waals surface area contributed by atoms with Gasteiger partial charge in [-0.1, -0.05) is 0 Å². The van der Waals surface area contributed by atoms with Gasteiger partial charge in [-0.05, 0) is 15.9 Å². The van der Waals surface area contributed by atoms with Crippen molar-refractivity contribution < 1.29 is 26.3 Å². The van der Waals surface area contributed by atoms with Gasteiger partial charge < -0.3 is 0 Å². The lowest BCUT2D eigenvalue weighted by Crippen LogP contribution is -2.03. The van der Waals surface area contributed by atoms with Crippen LogP contribution < -0.4 is 0 Å². The highest BCUT2D eigenvalue weighted by Crippen LogP contribution is 2.43. The summed E-state index contributed by atoms with van der Waals surface area (Å²) >= 11 is 1.89. The van der Waals surface area contributed by atoms with Gasteiger partial charge in [-0.25, -0.2) is 4.98 Å². The van der Waals surface area contributed by atoms with Crippen molar-refractivity contribution in [2.45, 2.75) is 12.4 Å². The first kappa shape index (κ1) is 11.8. The Morgan fingerprint density at radius 1 is 1.00 bits per heavy atom. The fourth-order valence-electron chi connectivity index (χ4n) is 0.598. The number of thiazole rings is 1. The van der Waals surface area contributed by atoms with E-state index < -0.39 is 38.2 Å². The van der Waals surface area contributed by atoms with Gasteiger partial charge in [0.2, 0.25) is 0 Å². The second-order valence-electron chi connectivity index (χ2n) is 2.13. The van der Waals surface area contributed by atoms with Crippen LogP contribution in [-0.2, 0) is 12.4 Å². The molecule has 0 aliphatic heterocycles. The van der Waals surface area contributed by atoms with Gasteiger partial charge in [0.1, 0.15) is 9.48 Å². The molecule has 0 saturated carbocycles. The average Bonchev–Trinajstić information content (AvgIpc) is 2.27. The maximum absolute atomic E-state index is 12.0.